The fraction of sp³-hybridized carbons (Fsp3) is 0.0526. The highest BCUT2D eigenvalue weighted by molar-refractivity contribution is 7.92. The van der Waals surface area contributed by atoms with Gasteiger partial charge in [-0.25, -0.2) is 8.42 Å². The molecular formula is C19H16N2O6S. The number of nitrogens with one attached hydrogen (secondary N) is 1. The average molecular weight is 400 g/mol. The molecule has 0 atom stereocenters. The number of hydrogen-bond donors (Lipinski definition) is 1. The fourth-order valence-electron chi connectivity index (χ4n) is 2.41. The highest BCUT2D eigenvalue weighted by Gasteiger charge is 2.16. The van der Waals surface area contributed by atoms with Crippen LogP contribution < -0.4 is 14.2 Å². The normalized spacial score (nSPS) is 10.9. The number of benzene rings is 3. The van der Waals surface area contributed by atoms with Gasteiger partial charge in [-0.2, -0.15) is 0 Å². The van der Waals surface area contributed by atoms with Gasteiger partial charge in [0.05, 0.1) is 22.6 Å². The lowest BCUT2D eigenvalue weighted by molar-refractivity contribution is -0.384. The maximum absolute atomic E-state index is 12.5. The van der Waals surface area contributed by atoms with E-state index in [1.54, 1.807) is 24.3 Å². The maximum atomic E-state index is 12.5. The van der Waals surface area contributed by atoms with Crippen molar-refractivity contribution < 1.29 is 22.8 Å². The smallest absolute Gasteiger partial charge is 0.271 e. The van der Waals surface area contributed by atoms with E-state index in [-0.39, 0.29) is 16.3 Å². The van der Waals surface area contributed by atoms with Gasteiger partial charge in [-0.05, 0) is 42.5 Å². The number of ether oxygens (including phenoxy) is 2. The van der Waals surface area contributed by atoms with Crippen molar-refractivity contribution in [3.05, 3.63) is 82.9 Å². The molecule has 0 radical (unpaired) electrons. The summed E-state index contributed by atoms with van der Waals surface area (Å²) in [7, 11) is -2.39. The summed E-state index contributed by atoms with van der Waals surface area (Å²) in [6.07, 6.45) is 0. The first-order chi connectivity index (χ1) is 13.4. The lowest BCUT2D eigenvalue weighted by Gasteiger charge is -2.11. The van der Waals surface area contributed by atoms with E-state index < -0.39 is 14.9 Å². The lowest BCUT2D eigenvalue weighted by atomic mass is 10.3. The van der Waals surface area contributed by atoms with Crippen LogP contribution in [-0.2, 0) is 10.0 Å². The van der Waals surface area contributed by atoms with Crippen LogP contribution in [-0.4, -0.2) is 20.5 Å². The number of anilines is 1. The van der Waals surface area contributed by atoms with Crippen LogP contribution >= 0.6 is 0 Å². The Labute approximate surface area is 161 Å². The third kappa shape index (κ3) is 4.38. The lowest BCUT2D eigenvalue weighted by Crippen LogP contribution is -2.12. The van der Waals surface area contributed by atoms with Crippen LogP contribution in [0.25, 0.3) is 0 Å². The summed E-state index contributed by atoms with van der Waals surface area (Å²) in [5.74, 6) is 1.47. The zero-order chi connectivity index (χ0) is 20.1. The van der Waals surface area contributed by atoms with E-state index in [1.807, 2.05) is 0 Å². The first-order valence-electron chi connectivity index (χ1n) is 8.07. The number of para-hydroxylation sites is 2. The Bertz CT molecular complexity index is 1100. The quantitative estimate of drug-likeness (QED) is 0.470. The zero-order valence-electron chi connectivity index (χ0n) is 14.7. The predicted octanol–water partition coefficient (Wildman–Crippen LogP) is 4.20. The molecule has 8 nitrogen and oxygen atoms in total. The Balaban J connectivity index is 1.78. The van der Waals surface area contributed by atoms with Crippen LogP contribution in [0.15, 0.2) is 77.7 Å². The molecule has 0 saturated heterocycles. The van der Waals surface area contributed by atoms with Gasteiger partial charge in [0.25, 0.3) is 15.7 Å². The summed E-state index contributed by atoms with van der Waals surface area (Å²) < 4.78 is 38.3. The minimum atomic E-state index is -3.91. The highest BCUT2D eigenvalue weighted by Crippen LogP contribution is 2.31. The van der Waals surface area contributed by atoms with Crippen LogP contribution in [0.2, 0.25) is 0 Å². The molecule has 9 heteroatoms. The third-order valence-electron chi connectivity index (χ3n) is 3.74. The zero-order valence-corrected chi connectivity index (χ0v) is 15.5. The molecule has 0 fully saturated rings. The highest BCUT2D eigenvalue weighted by atomic mass is 32.2. The minimum Gasteiger partial charge on any atom is -0.493 e. The summed E-state index contributed by atoms with van der Waals surface area (Å²) in [6.45, 7) is 0. The molecule has 0 unspecified atom stereocenters. The van der Waals surface area contributed by atoms with E-state index in [1.165, 1.54) is 49.6 Å². The second-order valence-corrected chi connectivity index (χ2v) is 7.32. The number of sulfonamides is 1. The monoisotopic (exact) mass is 400 g/mol. The van der Waals surface area contributed by atoms with Crippen molar-refractivity contribution in [3.63, 3.8) is 0 Å². The topological polar surface area (TPSA) is 108 Å². The summed E-state index contributed by atoms with van der Waals surface area (Å²) >= 11 is 0. The van der Waals surface area contributed by atoms with Gasteiger partial charge in [0.15, 0.2) is 11.5 Å². The van der Waals surface area contributed by atoms with E-state index in [4.69, 9.17) is 9.47 Å². The molecule has 3 aromatic carbocycles. The van der Waals surface area contributed by atoms with E-state index in [9.17, 15) is 18.5 Å². The van der Waals surface area contributed by atoms with Crippen molar-refractivity contribution in [3.8, 4) is 17.2 Å². The molecule has 0 bridgehead atoms. The first kappa shape index (κ1) is 19.2. The number of nitro groups is 1. The predicted molar refractivity (Wildman–Crippen MR) is 103 cm³/mol. The molecule has 144 valence electrons. The second-order valence-electron chi connectivity index (χ2n) is 5.64. The fourth-order valence-corrected chi connectivity index (χ4v) is 3.46. The average Bonchev–Trinajstić information content (AvgIpc) is 2.68. The molecule has 0 amide bonds. The molecule has 0 heterocycles. The number of nitro benzene ring substituents is 1. The van der Waals surface area contributed by atoms with Crippen molar-refractivity contribution in [2.45, 2.75) is 4.90 Å². The van der Waals surface area contributed by atoms with Crippen LogP contribution in [0.1, 0.15) is 0 Å². The Morgan fingerprint density at radius 1 is 0.929 bits per heavy atom. The Morgan fingerprint density at radius 3 is 2.25 bits per heavy atom. The van der Waals surface area contributed by atoms with Crippen molar-refractivity contribution in [2.24, 2.45) is 0 Å². The first-order valence-corrected chi connectivity index (χ1v) is 9.55. The SMILES string of the molecule is COc1ccccc1Oc1ccc(S(=O)(=O)Nc2cccc([N+](=O)[O-])c2)cc1. The van der Waals surface area contributed by atoms with Crippen LogP contribution in [0.4, 0.5) is 11.4 Å². The summed E-state index contributed by atoms with van der Waals surface area (Å²) in [6, 6.07) is 18.1. The number of non-ortho nitro benzene ring substituents is 1. The van der Waals surface area contributed by atoms with Gasteiger partial charge in [0.1, 0.15) is 5.75 Å². The summed E-state index contributed by atoms with van der Waals surface area (Å²) in [5, 5.41) is 10.8. The van der Waals surface area contributed by atoms with E-state index in [2.05, 4.69) is 4.72 Å². The summed E-state index contributed by atoms with van der Waals surface area (Å²) in [4.78, 5) is 10.2. The van der Waals surface area contributed by atoms with Gasteiger partial charge < -0.3 is 9.47 Å². The summed E-state index contributed by atoms with van der Waals surface area (Å²) in [5.41, 5.74) is -0.107. The molecule has 0 aliphatic carbocycles. The number of nitrogens with zero attached hydrogens (tertiary/aromatic N) is 1. The molecule has 0 aliphatic heterocycles. The number of methoxy groups -OCH3 is 1. The van der Waals surface area contributed by atoms with Crippen molar-refractivity contribution in [2.75, 3.05) is 11.8 Å². The van der Waals surface area contributed by atoms with Gasteiger partial charge in [-0.3, -0.25) is 14.8 Å². The van der Waals surface area contributed by atoms with E-state index >= 15 is 0 Å². The molecular weight excluding hydrogens is 384 g/mol. The molecule has 1 N–H and O–H groups in total. The molecule has 3 rings (SSSR count). The van der Waals surface area contributed by atoms with Crippen molar-refractivity contribution in [1.82, 2.24) is 0 Å². The maximum Gasteiger partial charge on any atom is 0.271 e. The van der Waals surface area contributed by atoms with E-state index in [0.717, 1.165) is 6.07 Å². The van der Waals surface area contributed by atoms with Gasteiger partial charge in [-0.15, -0.1) is 0 Å². The van der Waals surface area contributed by atoms with E-state index in [0.29, 0.717) is 17.2 Å². The number of rotatable bonds is 7. The van der Waals surface area contributed by atoms with Crippen molar-refractivity contribution in [1.29, 1.82) is 0 Å². The second kappa shape index (κ2) is 7.97. The van der Waals surface area contributed by atoms with Gasteiger partial charge in [0, 0.05) is 12.1 Å². The van der Waals surface area contributed by atoms with Gasteiger partial charge >= 0.3 is 0 Å². The van der Waals surface area contributed by atoms with Gasteiger partial charge in [0.2, 0.25) is 0 Å². The molecule has 0 aromatic heterocycles. The van der Waals surface area contributed by atoms with Gasteiger partial charge in [-0.1, -0.05) is 18.2 Å². The van der Waals surface area contributed by atoms with Crippen LogP contribution in [0.3, 0.4) is 0 Å². The third-order valence-corrected chi connectivity index (χ3v) is 5.14. The molecule has 0 spiro atoms. The Morgan fingerprint density at radius 2 is 1.61 bits per heavy atom. The van der Waals surface area contributed by atoms with Crippen LogP contribution in [0, 0.1) is 10.1 Å². The molecule has 0 aliphatic rings. The Kier molecular flexibility index (Phi) is 5.46. The van der Waals surface area contributed by atoms with Crippen molar-refractivity contribution >= 4 is 21.4 Å². The molecule has 28 heavy (non-hydrogen) atoms. The molecule has 3 aromatic rings. The van der Waals surface area contributed by atoms with Crippen LogP contribution in [0.5, 0.6) is 17.2 Å². The standard InChI is InChI=1S/C19H16N2O6S/c1-26-18-7-2-3-8-19(18)27-16-9-11-17(12-10-16)28(24,25)20-14-5-4-6-15(13-14)21(22)23/h2-13,20H,1H3. The molecule has 0 saturated carbocycles. The largest absolute Gasteiger partial charge is 0.493 e. The minimum absolute atomic E-state index is 0.00798. The number of hydrogen-bond acceptors (Lipinski definition) is 6. The Hall–Kier alpha value is -3.59.